The van der Waals surface area contributed by atoms with E-state index in [0.29, 0.717) is 18.6 Å². The second kappa shape index (κ2) is 7.54. The number of methoxy groups -OCH3 is 1. The average molecular weight is 302 g/mol. The first kappa shape index (κ1) is 16.8. The van der Waals surface area contributed by atoms with E-state index in [1.165, 1.54) is 7.11 Å². The van der Waals surface area contributed by atoms with E-state index in [0.717, 1.165) is 12.8 Å². The number of hydrogen-bond acceptors (Lipinski definition) is 4. The zero-order valence-electron chi connectivity index (χ0n) is 11.9. The molecule has 0 heterocycles. The lowest BCUT2D eigenvalue weighted by Gasteiger charge is -2.17. The Morgan fingerprint density at radius 3 is 2.75 bits per heavy atom. The second-order valence-electron chi connectivity index (χ2n) is 4.90. The van der Waals surface area contributed by atoms with Crippen LogP contribution in [0.2, 0.25) is 0 Å². The topological polar surface area (TPSA) is 98.8 Å². The number of carbonyl (C=O) groups is 1. The smallest absolute Gasteiger partial charge is 0.317 e. The first-order valence-electron chi connectivity index (χ1n) is 6.70. The monoisotopic (exact) mass is 302 g/mol. The Balaban J connectivity index is 2.89. The maximum atomic E-state index is 11.4. The van der Waals surface area contributed by atoms with Crippen LogP contribution in [-0.4, -0.2) is 27.2 Å². The Hall–Kier alpha value is -1.21. The molecule has 1 aliphatic carbocycles. The van der Waals surface area contributed by atoms with Gasteiger partial charge in [0.25, 0.3) is 0 Å². The van der Waals surface area contributed by atoms with Crippen molar-refractivity contribution in [3.8, 4) is 0 Å². The van der Waals surface area contributed by atoms with E-state index in [1.807, 2.05) is 19.1 Å². The van der Waals surface area contributed by atoms with Gasteiger partial charge in [0.05, 0.1) is 7.11 Å². The molecule has 1 rings (SSSR count). The van der Waals surface area contributed by atoms with Crippen molar-refractivity contribution < 1.29 is 17.9 Å². The predicted octanol–water partition coefficient (Wildman–Crippen LogP) is 1.58. The van der Waals surface area contributed by atoms with Crippen LogP contribution in [0, 0.1) is 11.8 Å². The molecule has 0 aromatic rings. The molecule has 2 N–H and O–H groups in total. The third-order valence-electron chi connectivity index (χ3n) is 3.46. The van der Waals surface area contributed by atoms with Crippen molar-refractivity contribution in [1.29, 1.82) is 0 Å². The van der Waals surface area contributed by atoms with Gasteiger partial charge in [-0.05, 0) is 31.6 Å². The fourth-order valence-electron chi connectivity index (χ4n) is 2.55. The zero-order chi connectivity index (χ0) is 15.2. The second-order valence-corrected chi connectivity index (χ2v) is 6.11. The molecule has 114 valence electrons. The summed E-state index contributed by atoms with van der Waals surface area (Å²) in [5.74, 6) is -0.281. The normalized spacial score (nSPS) is 25.4. The van der Waals surface area contributed by atoms with Crippen molar-refractivity contribution in [3.63, 3.8) is 0 Å². The summed E-state index contributed by atoms with van der Waals surface area (Å²) < 4.78 is 30.6. The van der Waals surface area contributed by atoms with Crippen molar-refractivity contribution in [2.75, 3.05) is 7.11 Å². The minimum Gasteiger partial charge on any atom is -0.469 e. The van der Waals surface area contributed by atoms with Crippen LogP contribution in [0.4, 0.5) is 0 Å². The van der Waals surface area contributed by atoms with Gasteiger partial charge < -0.3 is 4.74 Å². The van der Waals surface area contributed by atoms with Gasteiger partial charge in [0.2, 0.25) is 0 Å². The molecule has 2 atom stereocenters. The van der Waals surface area contributed by atoms with Crippen LogP contribution in [0.1, 0.15) is 39.0 Å². The van der Waals surface area contributed by atoms with Gasteiger partial charge >= 0.3 is 16.2 Å². The van der Waals surface area contributed by atoms with Gasteiger partial charge in [-0.1, -0.05) is 19.1 Å². The molecule has 1 saturated carbocycles. The standard InChI is InChI=1S/C13H22N2O4S/c1-3-4-5-6-11-10(9-13(16)19-2)7-8-12(11)15-20(14,17)18/h4-5,10-11H,3,6-9H2,1-2H3,(H2,14,17,18)/b5-4+,15-12-. The van der Waals surface area contributed by atoms with Crippen LogP contribution in [-0.2, 0) is 19.7 Å². The lowest BCUT2D eigenvalue weighted by atomic mass is 9.89. The Bertz CT molecular complexity index is 497. The maximum absolute atomic E-state index is 11.4. The molecule has 0 radical (unpaired) electrons. The molecule has 0 aromatic carbocycles. The summed E-state index contributed by atoms with van der Waals surface area (Å²) in [5, 5.41) is 4.98. The van der Waals surface area contributed by atoms with Crippen LogP contribution in [0.3, 0.4) is 0 Å². The van der Waals surface area contributed by atoms with E-state index in [4.69, 9.17) is 5.14 Å². The molecule has 0 aliphatic heterocycles. The van der Waals surface area contributed by atoms with Gasteiger partial charge in [-0.2, -0.15) is 12.8 Å². The molecule has 0 saturated heterocycles. The van der Waals surface area contributed by atoms with Gasteiger partial charge in [-0.25, -0.2) is 5.14 Å². The summed E-state index contributed by atoms with van der Waals surface area (Å²) in [4.78, 5) is 11.4. The average Bonchev–Trinajstić information content (AvgIpc) is 2.70. The van der Waals surface area contributed by atoms with E-state index in [1.54, 1.807) is 0 Å². The molecule has 2 unspecified atom stereocenters. The first-order chi connectivity index (χ1) is 9.37. The molecule has 1 aliphatic rings. The molecule has 6 nitrogen and oxygen atoms in total. The molecular formula is C13H22N2O4S. The zero-order valence-corrected chi connectivity index (χ0v) is 12.7. The number of ether oxygens (including phenoxy) is 1. The van der Waals surface area contributed by atoms with Gasteiger partial charge in [0.15, 0.2) is 0 Å². The summed E-state index contributed by atoms with van der Waals surface area (Å²) in [7, 11) is -2.53. The van der Waals surface area contributed by atoms with E-state index in [9.17, 15) is 13.2 Å². The highest BCUT2D eigenvalue weighted by Gasteiger charge is 2.34. The molecular weight excluding hydrogens is 280 g/mol. The Morgan fingerprint density at radius 1 is 1.50 bits per heavy atom. The Morgan fingerprint density at radius 2 is 2.20 bits per heavy atom. The number of allylic oxidation sites excluding steroid dienone is 2. The molecule has 0 amide bonds. The quantitative estimate of drug-likeness (QED) is 0.594. The van der Waals surface area contributed by atoms with Crippen LogP contribution in [0.25, 0.3) is 0 Å². The SMILES string of the molecule is CC/C=C/CC1/C(=N\S(N)(=O)=O)CCC1CC(=O)OC. The summed E-state index contributed by atoms with van der Waals surface area (Å²) in [6, 6.07) is 0. The van der Waals surface area contributed by atoms with Crippen LogP contribution < -0.4 is 5.14 Å². The van der Waals surface area contributed by atoms with Crippen LogP contribution in [0.15, 0.2) is 16.5 Å². The lowest BCUT2D eigenvalue weighted by molar-refractivity contribution is -0.141. The number of esters is 1. The number of rotatable bonds is 6. The molecule has 0 bridgehead atoms. The molecule has 7 heteroatoms. The summed E-state index contributed by atoms with van der Waals surface area (Å²) >= 11 is 0. The largest absolute Gasteiger partial charge is 0.469 e. The highest BCUT2D eigenvalue weighted by molar-refractivity contribution is 7.88. The van der Waals surface area contributed by atoms with Gasteiger partial charge in [-0.15, -0.1) is 0 Å². The fraction of sp³-hybridized carbons (Fsp3) is 0.692. The number of nitrogens with zero attached hydrogens (tertiary/aromatic N) is 1. The predicted molar refractivity (Wildman–Crippen MR) is 77.4 cm³/mol. The van der Waals surface area contributed by atoms with E-state index < -0.39 is 10.2 Å². The van der Waals surface area contributed by atoms with E-state index in [2.05, 4.69) is 9.13 Å². The highest BCUT2D eigenvalue weighted by Crippen LogP contribution is 2.35. The van der Waals surface area contributed by atoms with Gasteiger partial charge in [0, 0.05) is 18.1 Å². The van der Waals surface area contributed by atoms with Crippen molar-refractivity contribution in [2.45, 2.75) is 39.0 Å². The van der Waals surface area contributed by atoms with Crippen molar-refractivity contribution in [2.24, 2.45) is 21.4 Å². The minimum absolute atomic E-state index is 0.0597. The third kappa shape index (κ3) is 5.42. The van der Waals surface area contributed by atoms with Crippen molar-refractivity contribution >= 4 is 21.9 Å². The van der Waals surface area contributed by atoms with Crippen LogP contribution in [0.5, 0.6) is 0 Å². The van der Waals surface area contributed by atoms with Crippen LogP contribution >= 0.6 is 0 Å². The van der Waals surface area contributed by atoms with Crippen molar-refractivity contribution in [1.82, 2.24) is 0 Å². The number of nitrogens with two attached hydrogens (primary N) is 1. The first-order valence-corrected chi connectivity index (χ1v) is 8.21. The van der Waals surface area contributed by atoms with E-state index >= 15 is 0 Å². The molecule has 0 aromatic heterocycles. The summed E-state index contributed by atoms with van der Waals surface area (Å²) in [6.07, 6.45) is 7.17. The third-order valence-corrected chi connectivity index (χ3v) is 3.95. The molecule has 1 fully saturated rings. The highest BCUT2D eigenvalue weighted by atomic mass is 32.2. The summed E-state index contributed by atoms with van der Waals surface area (Å²) in [5.41, 5.74) is 0.571. The summed E-state index contributed by atoms with van der Waals surface area (Å²) in [6.45, 7) is 2.02. The van der Waals surface area contributed by atoms with Crippen molar-refractivity contribution in [3.05, 3.63) is 12.2 Å². The van der Waals surface area contributed by atoms with Gasteiger partial charge in [-0.3, -0.25) is 4.79 Å². The maximum Gasteiger partial charge on any atom is 0.317 e. The fourth-order valence-corrected chi connectivity index (χ4v) is 3.10. The lowest BCUT2D eigenvalue weighted by Crippen LogP contribution is -2.20. The van der Waals surface area contributed by atoms with Gasteiger partial charge in [0.1, 0.15) is 0 Å². The number of hydrogen-bond donors (Lipinski definition) is 1. The number of carbonyl (C=O) groups excluding carboxylic acids is 1. The molecule has 0 spiro atoms. The minimum atomic E-state index is -3.88. The Labute approximate surface area is 120 Å². The Kier molecular flexibility index (Phi) is 6.35. The van der Waals surface area contributed by atoms with E-state index in [-0.39, 0.29) is 24.2 Å². The molecule has 20 heavy (non-hydrogen) atoms.